The molecule has 0 unspecified atom stereocenters. The number of rotatable bonds is 4. The van der Waals surface area contributed by atoms with Crippen molar-refractivity contribution in [3.05, 3.63) is 76.1 Å². The second-order valence-electron chi connectivity index (χ2n) is 5.59. The molecule has 0 aliphatic heterocycles. The van der Waals surface area contributed by atoms with Gasteiger partial charge in [0.1, 0.15) is 11.3 Å². The lowest BCUT2D eigenvalue weighted by molar-refractivity contribution is 0.0783. The van der Waals surface area contributed by atoms with Crippen LogP contribution >= 0.6 is 0 Å². The van der Waals surface area contributed by atoms with Crippen LogP contribution < -0.4 is 10.2 Å². The third kappa shape index (κ3) is 3.01. The van der Waals surface area contributed by atoms with Crippen LogP contribution in [0.1, 0.15) is 15.9 Å². The van der Waals surface area contributed by atoms with E-state index >= 15 is 0 Å². The zero-order valence-electron chi connectivity index (χ0n) is 13.6. The number of H-pyrrole nitrogens is 1. The van der Waals surface area contributed by atoms with Crippen LogP contribution in [0.4, 0.5) is 0 Å². The molecule has 0 spiro atoms. The second kappa shape index (κ2) is 6.58. The van der Waals surface area contributed by atoms with E-state index in [9.17, 15) is 9.59 Å². The molecular weight excluding hydrogens is 304 g/mol. The molecule has 1 amide bonds. The fourth-order valence-electron chi connectivity index (χ4n) is 2.62. The first-order valence-electron chi connectivity index (χ1n) is 7.59. The van der Waals surface area contributed by atoms with Crippen LogP contribution in [0.15, 0.2) is 59.5 Å². The molecule has 0 saturated carbocycles. The van der Waals surface area contributed by atoms with Crippen molar-refractivity contribution in [3.63, 3.8) is 0 Å². The summed E-state index contributed by atoms with van der Waals surface area (Å²) in [5, 5.41) is 0.438. The van der Waals surface area contributed by atoms with Gasteiger partial charge in [-0.05, 0) is 23.8 Å². The molecule has 5 heteroatoms. The average molecular weight is 322 g/mol. The number of aromatic amines is 1. The molecule has 5 nitrogen and oxygen atoms in total. The van der Waals surface area contributed by atoms with Gasteiger partial charge >= 0.3 is 0 Å². The molecule has 3 rings (SSSR count). The number of carbonyl (C=O) groups is 1. The summed E-state index contributed by atoms with van der Waals surface area (Å²) in [4.78, 5) is 29.9. The first kappa shape index (κ1) is 15.8. The van der Waals surface area contributed by atoms with E-state index in [0.29, 0.717) is 23.2 Å². The molecule has 0 saturated heterocycles. The quantitative estimate of drug-likeness (QED) is 0.803. The molecule has 2 aromatic carbocycles. The maximum absolute atomic E-state index is 12.7. The lowest BCUT2D eigenvalue weighted by Crippen LogP contribution is -2.30. The Morgan fingerprint density at radius 2 is 1.92 bits per heavy atom. The molecule has 0 aliphatic rings. The van der Waals surface area contributed by atoms with Gasteiger partial charge < -0.3 is 14.6 Å². The number of carbonyl (C=O) groups excluding carboxylic acids is 1. The van der Waals surface area contributed by atoms with Gasteiger partial charge in [0.05, 0.1) is 7.11 Å². The highest BCUT2D eigenvalue weighted by Crippen LogP contribution is 2.17. The van der Waals surface area contributed by atoms with Crippen molar-refractivity contribution in [2.24, 2.45) is 0 Å². The van der Waals surface area contributed by atoms with Gasteiger partial charge in [0, 0.05) is 30.7 Å². The van der Waals surface area contributed by atoms with Crippen molar-refractivity contribution in [2.45, 2.75) is 6.54 Å². The maximum atomic E-state index is 12.7. The Labute approximate surface area is 139 Å². The summed E-state index contributed by atoms with van der Waals surface area (Å²) in [6, 6.07) is 14.8. The highest BCUT2D eigenvalue weighted by molar-refractivity contribution is 5.97. The van der Waals surface area contributed by atoms with E-state index in [1.54, 1.807) is 25.2 Å². The number of hydrogen-bond donors (Lipinski definition) is 1. The van der Waals surface area contributed by atoms with Gasteiger partial charge in [-0.15, -0.1) is 0 Å². The van der Waals surface area contributed by atoms with Crippen molar-refractivity contribution in [1.82, 2.24) is 9.88 Å². The standard InChI is InChI=1S/C19H18N2O3/c1-21(12-13-6-4-3-5-7-13)19(23)16-11-20-17-9-8-14(24-2)10-15(17)18(16)22/h3-11H,12H2,1-2H3,(H,20,22). The van der Waals surface area contributed by atoms with Crippen LogP contribution in [0, 0.1) is 0 Å². The van der Waals surface area contributed by atoms with E-state index in [4.69, 9.17) is 4.74 Å². The smallest absolute Gasteiger partial charge is 0.259 e. The van der Waals surface area contributed by atoms with E-state index in [2.05, 4.69) is 4.98 Å². The van der Waals surface area contributed by atoms with E-state index in [1.807, 2.05) is 30.3 Å². The molecular formula is C19H18N2O3. The number of pyridine rings is 1. The van der Waals surface area contributed by atoms with E-state index < -0.39 is 0 Å². The van der Waals surface area contributed by atoms with Crippen molar-refractivity contribution < 1.29 is 9.53 Å². The summed E-state index contributed by atoms with van der Waals surface area (Å²) in [6.45, 7) is 0.440. The zero-order chi connectivity index (χ0) is 17.1. The molecule has 0 aliphatic carbocycles. The predicted molar refractivity (Wildman–Crippen MR) is 93.4 cm³/mol. The molecule has 1 heterocycles. The van der Waals surface area contributed by atoms with Crippen molar-refractivity contribution >= 4 is 16.8 Å². The minimum absolute atomic E-state index is 0.120. The minimum atomic E-state index is -0.315. The molecule has 0 fully saturated rings. The lowest BCUT2D eigenvalue weighted by Gasteiger charge is -2.17. The summed E-state index contributed by atoms with van der Waals surface area (Å²) in [7, 11) is 3.22. The fourth-order valence-corrected chi connectivity index (χ4v) is 2.62. The first-order chi connectivity index (χ1) is 11.6. The zero-order valence-corrected chi connectivity index (χ0v) is 13.6. The van der Waals surface area contributed by atoms with Gasteiger partial charge in [-0.1, -0.05) is 30.3 Å². The third-order valence-corrected chi connectivity index (χ3v) is 3.93. The van der Waals surface area contributed by atoms with Gasteiger partial charge in [0.25, 0.3) is 5.91 Å². The molecule has 0 radical (unpaired) electrons. The Kier molecular flexibility index (Phi) is 4.33. The fraction of sp³-hybridized carbons (Fsp3) is 0.158. The van der Waals surface area contributed by atoms with Crippen molar-refractivity contribution in [1.29, 1.82) is 0 Å². The Morgan fingerprint density at radius 1 is 1.17 bits per heavy atom. The monoisotopic (exact) mass is 322 g/mol. The summed E-state index contributed by atoms with van der Waals surface area (Å²) in [6.07, 6.45) is 1.47. The molecule has 0 bridgehead atoms. The predicted octanol–water partition coefficient (Wildman–Crippen LogP) is 2.81. The van der Waals surface area contributed by atoms with E-state index in [1.165, 1.54) is 18.2 Å². The number of benzene rings is 2. The number of aromatic nitrogens is 1. The van der Waals surface area contributed by atoms with Gasteiger partial charge in [0.15, 0.2) is 0 Å². The Balaban J connectivity index is 1.94. The number of fused-ring (bicyclic) bond motifs is 1. The number of nitrogens with zero attached hydrogens (tertiary/aromatic N) is 1. The van der Waals surface area contributed by atoms with Crippen LogP contribution in [-0.4, -0.2) is 29.9 Å². The number of ether oxygens (including phenoxy) is 1. The van der Waals surface area contributed by atoms with Gasteiger partial charge in [-0.3, -0.25) is 9.59 Å². The van der Waals surface area contributed by atoms with Crippen LogP contribution in [-0.2, 0) is 6.54 Å². The SMILES string of the molecule is COc1ccc2[nH]cc(C(=O)N(C)Cc3ccccc3)c(=O)c2c1. The lowest BCUT2D eigenvalue weighted by atomic mass is 10.1. The Bertz CT molecular complexity index is 932. The third-order valence-electron chi connectivity index (χ3n) is 3.93. The number of nitrogens with one attached hydrogen (secondary N) is 1. The highest BCUT2D eigenvalue weighted by atomic mass is 16.5. The van der Waals surface area contributed by atoms with Crippen LogP contribution in [0.3, 0.4) is 0 Å². The molecule has 122 valence electrons. The summed E-state index contributed by atoms with van der Waals surface area (Å²) in [5.41, 5.74) is 1.50. The molecule has 3 aromatic rings. The summed E-state index contributed by atoms with van der Waals surface area (Å²) >= 11 is 0. The van der Waals surface area contributed by atoms with Gasteiger partial charge in [0.2, 0.25) is 5.43 Å². The summed E-state index contributed by atoms with van der Waals surface area (Å²) < 4.78 is 5.16. The maximum Gasteiger partial charge on any atom is 0.259 e. The largest absolute Gasteiger partial charge is 0.497 e. The molecule has 1 aromatic heterocycles. The van der Waals surface area contributed by atoms with E-state index in [0.717, 1.165) is 5.56 Å². The number of amides is 1. The normalized spacial score (nSPS) is 10.6. The second-order valence-corrected chi connectivity index (χ2v) is 5.59. The summed E-state index contributed by atoms with van der Waals surface area (Å²) in [5.74, 6) is 0.264. The van der Waals surface area contributed by atoms with Crippen molar-refractivity contribution in [2.75, 3.05) is 14.2 Å². The topological polar surface area (TPSA) is 62.4 Å². The number of hydrogen-bond acceptors (Lipinski definition) is 3. The molecule has 1 N–H and O–H groups in total. The van der Waals surface area contributed by atoms with Crippen LogP contribution in [0.2, 0.25) is 0 Å². The minimum Gasteiger partial charge on any atom is -0.497 e. The van der Waals surface area contributed by atoms with Gasteiger partial charge in [-0.25, -0.2) is 0 Å². The highest BCUT2D eigenvalue weighted by Gasteiger charge is 2.17. The van der Waals surface area contributed by atoms with Crippen LogP contribution in [0.25, 0.3) is 10.9 Å². The Hall–Kier alpha value is -3.08. The Morgan fingerprint density at radius 3 is 2.62 bits per heavy atom. The molecule has 24 heavy (non-hydrogen) atoms. The first-order valence-corrected chi connectivity index (χ1v) is 7.59. The van der Waals surface area contributed by atoms with Gasteiger partial charge in [-0.2, -0.15) is 0 Å². The van der Waals surface area contributed by atoms with Crippen molar-refractivity contribution in [3.8, 4) is 5.75 Å². The average Bonchev–Trinajstić information content (AvgIpc) is 2.62. The van der Waals surface area contributed by atoms with Crippen LogP contribution in [0.5, 0.6) is 5.75 Å². The molecule has 0 atom stereocenters. The van der Waals surface area contributed by atoms with E-state index in [-0.39, 0.29) is 16.9 Å². The number of methoxy groups -OCH3 is 1.